The van der Waals surface area contributed by atoms with Crippen LogP contribution in [0, 0.1) is 11.6 Å². The van der Waals surface area contributed by atoms with Gasteiger partial charge in [0.1, 0.15) is 0 Å². The van der Waals surface area contributed by atoms with Crippen molar-refractivity contribution in [3.05, 3.63) is 35.1 Å². The van der Waals surface area contributed by atoms with E-state index in [-0.39, 0.29) is 16.7 Å². The Balaban J connectivity index is 2.07. The number of hydrogen-bond acceptors (Lipinski definition) is 4. The van der Waals surface area contributed by atoms with Gasteiger partial charge in [-0.3, -0.25) is 0 Å². The molecule has 0 aliphatic carbocycles. The second kappa shape index (κ2) is 5.28. The Hall–Kier alpha value is -1.82. The second-order valence-corrected chi connectivity index (χ2v) is 4.86. The molecule has 3 rings (SSSR count). The first kappa shape index (κ1) is 13.2. The van der Waals surface area contributed by atoms with Crippen LogP contribution in [0.25, 0.3) is 11.4 Å². The van der Waals surface area contributed by atoms with Crippen molar-refractivity contribution in [3.63, 3.8) is 0 Å². The van der Waals surface area contributed by atoms with E-state index < -0.39 is 11.6 Å². The highest BCUT2D eigenvalue weighted by atomic mass is 35.5. The van der Waals surface area contributed by atoms with Crippen LogP contribution in [0.2, 0.25) is 5.28 Å². The van der Waals surface area contributed by atoms with Crippen molar-refractivity contribution >= 4 is 17.5 Å². The van der Waals surface area contributed by atoms with Crippen LogP contribution in [-0.2, 0) is 0 Å². The molecule has 0 spiro atoms. The van der Waals surface area contributed by atoms with E-state index in [1.807, 2.05) is 4.90 Å². The maximum Gasteiger partial charge on any atom is 0.230 e. The molecule has 1 aliphatic heterocycles. The molecule has 0 N–H and O–H groups in total. The standard InChI is InChI=1S/C13H11ClF2N4/c14-12-17-11(8-4-3-5-9(15)10(8)16)18-13(19-12)20-6-1-2-7-20/h3-5H,1-2,6-7H2. The summed E-state index contributed by atoms with van der Waals surface area (Å²) >= 11 is 5.87. The molecule has 20 heavy (non-hydrogen) atoms. The van der Waals surface area contributed by atoms with Crippen LogP contribution in [0.4, 0.5) is 14.7 Å². The zero-order chi connectivity index (χ0) is 14.1. The van der Waals surface area contributed by atoms with Crippen molar-refractivity contribution in [3.8, 4) is 11.4 Å². The molecule has 4 nitrogen and oxygen atoms in total. The topological polar surface area (TPSA) is 41.9 Å². The summed E-state index contributed by atoms with van der Waals surface area (Å²) in [4.78, 5) is 14.1. The Kier molecular flexibility index (Phi) is 3.48. The van der Waals surface area contributed by atoms with Crippen LogP contribution in [0.15, 0.2) is 18.2 Å². The molecule has 2 aromatic rings. The Bertz CT molecular complexity index is 644. The molecule has 0 bridgehead atoms. The van der Waals surface area contributed by atoms with Gasteiger partial charge >= 0.3 is 0 Å². The van der Waals surface area contributed by atoms with Crippen molar-refractivity contribution < 1.29 is 8.78 Å². The van der Waals surface area contributed by atoms with Crippen molar-refractivity contribution in [1.82, 2.24) is 15.0 Å². The van der Waals surface area contributed by atoms with Crippen molar-refractivity contribution in [2.45, 2.75) is 12.8 Å². The summed E-state index contributed by atoms with van der Waals surface area (Å²) in [7, 11) is 0. The van der Waals surface area contributed by atoms with Crippen LogP contribution in [0.1, 0.15) is 12.8 Å². The Labute approximate surface area is 119 Å². The number of halogens is 3. The molecule has 7 heteroatoms. The van der Waals surface area contributed by atoms with E-state index in [0.29, 0.717) is 5.95 Å². The smallest absolute Gasteiger partial charge is 0.230 e. The first-order chi connectivity index (χ1) is 9.65. The fourth-order valence-corrected chi connectivity index (χ4v) is 2.35. The molecular weight excluding hydrogens is 286 g/mol. The molecule has 0 amide bonds. The molecule has 2 heterocycles. The molecule has 1 aromatic carbocycles. The molecule has 1 aliphatic rings. The van der Waals surface area contributed by atoms with Gasteiger partial charge in [0.05, 0.1) is 5.56 Å². The highest BCUT2D eigenvalue weighted by molar-refractivity contribution is 6.28. The molecule has 1 saturated heterocycles. The van der Waals surface area contributed by atoms with E-state index in [2.05, 4.69) is 15.0 Å². The number of rotatable bonds is 2. The van der Waals surface area contributed by atoms with Gasteiger partial charge in [0.2, 0.25) is 11.2 Å². The Morgan fingerprint density at radius 1 is 1.05 bits per heavy atom. The third-order valence-electron chi connectivity index (χ3n) is 3.18. The molecule has 1 aromatic heterocycles. The largest absolute Gasteiger partial charge is 0.341 e. The minimum Gasteiger partial charge on any atom is -0.341 e. The van der Waals surface area contributed by atoms with E-state index >= 15 is 0 Å². The van der Waals surface area contributed by atoms with E-state index in [1.165, 1.54) is 12.1 Å². The quantitative estimate of drug-likeness (QED) is 0.854. The van der Waals surface area contributed by atoms with E-state index in [9.17, 15) is 8.78 Å². The van der Waals surface area contributed by atoms with Crippen molar-refractivity contribution in [2.24, 2.45) is 0 Å². The summed E-state index contributed by atoms with van der Waals surface area (Å²) in [6.07, 6.45) is 2.10. The van der Waals surface area contributed by atoms with E-state index in [0.717, 1.165) is 32.0 Å². The average molecular weight is 297 g/mol. The summed E-state index contributed by atoms with van der Waals surface area (Å²) < 4.78 is 27.1. The normalized spacial score (nSPS) is 14.8. The van der Waals surface area contributed by atoms with Crippen LogP contribution < -0.4 is 4.90 Å². The van der Waals surface area contributed by atoms with Gasteiger partial charge in [-0.25, -0.2) is 8.78 Å². The van der Waals surface area contributed by atoms with Gasteiger partial charge in [-0.05, 0) is 36.6 Å². The average Bonchev–Trinajstić information content (AvgIpc) is 2.95. The summed E-state index contributed by atoms with van der Waals surface area (Å²) in [5.41, 5.74) is -0.0188. The lowest BCUT2D eigenvalue weighted by atomic mass is 10.2. The van der Waals surface area contributed by atoms with Crippen LogP contribution in [0.5, 0.6) is 0 Å². The third-order valence-corrected chi connectivity index (χ3v) is 3.35. The third kappa shape index (κ3) is 2.43. The van der Waals surface area contributed by atoms with Crippen molar-refractivity contribution in [1.29, 1.82) is 0 Å². The number of hydrogen-bond donors (Lipinski definition) is 0. The Morgan fingerprint density at radius 2 is 1.80 bits per heavy atom. The molecular formula is C13H11ClF2N4. The van der Waals surface area contributed by atoms with Gasteiger partial charge in [0.15, 0.2) is 17.5 Å². The number of nitrogens with zero attached hydrogens (tertiary/aromatic N) is 4. The SMILES string of the molecule is Fc1cccc(-c2nc(Cl)nc(N3CCCC3)n2)c1F. The summed E-state index contributed by atoms with van der Waals surface area (Å²) in [5, 5.41) is -0.0273. The molecule has 0 radical (unpaired) electrons. The molecule has 0 atom stereocenters. The predicted octanol–water partition coefficient (Wildman–Crippen LogP) is 3.07. The van der Waals surface area contributed by atoms with E-state index in [4.69, 9.17) is 11.6 Å². The zero-order valence-electron chi connectivity index (χ0n) is 10.5. The summed E-state index contributed by atoms with van der Waals surface area (Å²) in [6.45, 7) is 1.65. The first-order valence-electron chi connectivity index (χ1n) is 6.26. The summed E-state index contributed by atoms with van der Waals surface area (Å²) in [5.74, 6) is -1.48. The van der Waals surface area contributed by atoms with Gasteiger partial charge in [-0.15, -0.1) is 0 Å². The lowest BCUT2D eigenvalue weighted by Gasteiger charge is -2.15. The number of aromatic nitrogens is 3. The minimum absolute atomic E-state index is 0.0188. The monoisotopic (exact) mass is 296 g/mol. The molecule has 0 saturated carbocycles. The lowest BCUT2D eigenvalue weighted by Crippen LogP contribution is -2.21. The second-order valence-electron chi connectivity index (χ2n) is 4.52. The van der Waals surface area contributed by atoms with Gasteiger partial charge in [-0.1, -0.05) is 6.07 Å². The van der Waals surface area contributed by atoms with Gasteiger partial charge in [0.25, 0.3) is 0 Å². The molecule has 104 valence electrons. The van der Waals surface area contributed by atoms with Gasteiger partial charge in [-0.2, -0.15) is 15.0 Å². The van der Waals surface area contributed by atoms with Crippen molar-refractivity contribution in [2.75, 3.05) is 18.0 Å². The van der Waals surface area contributed by atoms with Crippen LogP contribution in [-0.4, -0.2) is 28.0 Å². The highest BCUT2D eigenvalue weighted by Gasteiger charge is 2.19. The van der Waals surface area contributed by atoms with Crippen LogP contribution >= 0.6 is 11.6 Å². The fraction of sp³-hybridized carbons (Fsp3) is 0.308. The first-order valence-corrected chi connectivity index (χ1v) is 6.64. The predicted molar refractivity (Wildman–Crippen MR) is 71.6 cm³/mol. The maximum absolute atomic E-state index is 13.8. The number of benzene rings is 1. The van der Waals surface area contributed by atoms with Gasteiger partial charge < -0.3 is 4.90 Å². The fourth-order valence-electron chi connectivity index (χ4n) is 2.20. The lowest BCUT2D eigenvalue weighted by molar-refractivity contribution is 0.510. The van der Waals surface area contributed by atoms with Crippen LogP contribution in [0.3, 0.4) is 0 Å². The highest BCUT2D eigenvalue weighted by Crippen LogP contribution is 2.25. The molecule has 1 fully saturated rings. The zero-order valence-corrected chi connectivity index (χ0v) is 11.2. The van der Waals surface area contributed by atoms with E-state index in [1.54, 1.807) is 0 Å². The Morgan fingerprint density at radius 3 is 2.55 bits per heavy atom. The van der Waals surface area contributed by atoms with Gasteiger partial charge in [0, 0.05) is 13.1 Å². The molecule has 0 unspecified atom stereocenters. The maximum atomic E-state index is 13.8. The number of anilines is 1. The minimum atomic E-state index is -0.984. The summed E-state index contributed by atoms with van der Waals surface area (Å²) in [6, 6.07) is 3.86.